The zero-order chi connectivity index (χ0) is 15.1. The maximum atomic E-state index is 13.7. The van der Waals surface area contributed by atoms with Crippen LogP contribution in [0, 0.1) is 5.82 Å². The molecule has 1 aromatic carbocycles. The van der Waals surface area contributed by atoms with Crippen molar-refractivity contribution in [3.05, 3.63) is 35.6 Å². The summed E-state index contributed by atoms with van der Waals surface area (Å²) in [6.07, 6.45) is 5.45. The van der Waals surface area contributed by atoms with Gasteiger partial charge in [-0.15, -0.1) is 24.0 Å². The van der Waals surface area contributed by atoms with Gasteiger partial charge in [-0.3, -0.25) is 4.99 Å². The maximum absolute atomic E-state index is 13.7. The van der Waals surface area contributed by atoms with E-state index in [-0.39, 0.29) is 35.7 Å². The Hall–Kier alpha value is -0.500. The summed E-state index contributed by atoms with van der Waals surface area (Å²) in [5.41, 5.74) is 0.811. The molecule has 1 aliphatic rings. The topological polar surface area (TPSA) is 36.4 Å². The van der Waals surface area contributed by atoms with E-state index in [2.05, 4.69) is 21.9 Å². The van der Waals surface area contributed by atoms with E-state index < -0.39 is 0 Å². The number of thioether (sulfide) groups is 1. The van der Waals surface area contributed by atoms with Gasteiger partial charge in [-0.2, -0.15) is 11.8 Å². The quantitative estimate of drug-likeness (QED) is 0.296. The summed E-state index contributed by atoms with van der Waals surface area (Å²) in [4.78, 5) is 4.23. The van der Waals surface area contributed by atoms with Crippen LogP contribution in [0.5, 0.6) is 0 Å². The van der Waals surface area contributed by atoms with Gasteiger partial charge in [-0.25, -0.2) is 4.39 Å². The third-order valence-electron chi connectivity index (χ3n) is 3.71. The molecule has 124 valence electrons. The molecular formula is C16H25FIN3S. The molecule has 2 unspecified atom stereocenters. The Labute approximate surface area is 154 Å². The predicted molar refractivity (Wildman–Crippen MR) is 105 cm³/mol. The standard InChI is InChI=1S/C16H24FN3S.HI/c1-18-16(19-9-5-6-10-21-2)20-15-11-13(15)12-7-3-4-8-14(12)17;/h3-4,7-8,13,15H,5-6,9-11H2,1-2H3,(H2,18,19,20);1H. The van der Waals surface area contributed by atoms with Crippen LogP contribution in [0.4, 0.5) is 4.39 Å². The highest BCUT2D eigenvalue weighted by Crippen LogP contribution is 2.41. The SMILES string of the molecule is CN=C(NCCCCSC)NC1CC1c1ccccc1F.I. The molecule has 0 radical (unpaired) electrons. The van der Waals surface area contributed by atoms with E-state index in [9.17, 15) is 4.39 Å². The van der Waals surface area contributed by atoms with Crippen LogP contribution < -0.4 is 10.6 Å². The molecule has 2 atom stereocenters. The molecule has 2 rings (SSSR count). The Morgan fingerprint density at radius 2 is 2.14 bits per heavy atom. The van der Waals surface area contributed by atoms with Crippen LogP contribution in [-0.4, -0.2) is 37.6 Å². The number of benzene rings is 1. The molecule has 0 bridgehead atoms. The van der Waals surface area contributed by atoms with E-state index in [0.29, 0.717) is 6.04 Å². The van der Waals surface area contributed by atoms with Gasteiger partial charge in [-0.05, 0) is 42.9 Å². The molecule has 0 spiro atoms. The lowest BCUT2D eigenvalue weighted by atomic mass is 10.1. The second-order valence-electron chi connectivity index (χ2n) is 5.31. The zero-order valence-electron chi connectivity index (χ0n) is 13.1. The smallest absolute Gasteiger partial charge is 0.191 e. The molecule has 0 saturated heterocycles. The largest absolute Gasteiger partial charge is 0.356 e. The number of hydrogen-bond donors (Lipinski definition) is 2. The molecule has 22 heavy (non-hydrogen) atoms. The fraction of sp³-hybridized carbons (Fsp3) is 0.562. The Kier molecular flexibility index (Phi) is 9.16. The van der Waals surface area contributed by atoms with Crippen molar-refractivity contribution < 1.29 is 4.39 Å². The first-order chi connectivity index (χ1) is 10.3. The molecule has 0 heterocycles. The van der Waals surface area contributed by atoms with Crippen molar-refractivity contribution in [2.24, 2.45) is 4.99 Å². The van der Waals surface area contributed by atoms with Gasteiger partial charge in [0.25, 0.3) is 0 Å². The van der Waals surface area contributed by atoms with Crippen molar-refractivity contribution in [3.8, 4) is 0 Å². The van der Waals surface area contributed by atoms with E-state index in [1.54, 1.807) is 13.1 Å². The van der Waals surface area contributed by atoms with Gasteiger partial charge in [-0.1, -0.05) is 18.2 Å². The van der Waals surface area contributed by atoms with Gasteiger partial charge in [0.1, 0.15) is 5.82 Å². The van der Waals surface area contributed by atoms with Crippen molar-refractivity contribution in [1.29, 1.82) is 0 Å². The summed E-state index contributed by atoms with van der Waals surface area (Å²) in [7, 11) is 1.78. The molecule has 1 fully saturated rings. The van der Waals surface area contributed by atoms with Gasteiger partial charge in [0, 0.05) is 25.6 Å². The summed E-state index contributed by atoms with van der Waals surface area (Å²) in [6, 6.07) is 7.33. The second kappa shape index (κ2) is 10.3. The molecule has 0 aliphatic heterocycles. The highest BCUT2D eigenvalue weighted by Gasteiger charge is 2.40. The van der Waals surface area contributed by atoms with Crippen molar-refractivity contribution in [2.75, 3.05) is 25.6 Å². The number of hydrogen-bond acceptors (Lipinski definition) is 2. The van der Waals surface area contributed by atoms with Crippen LogP contribution in [0.15, 0.2) is 29.3 Å². The zero-order valence-corrected chi connectivity index (χ0v) is 16.3. The summed E-state index contributed by atoms with van der Waals surface area (Å²) < 4.78 is 13.7. The lowest BCUT2D eigenvalue weighted by molar-refractivity contribution is 0.607. The van der Waals surface area contributed by atoms with Crippen LogP contribution >= 0.6 is 35.7 Å². The first-order valence-electron chi connectivity index (χ1n) is 7.46. The molecule has 0 amide bonds. The van der Waals surface area contributed by atoms with Crippen LogP contribution in [0.1, 0.15) is 30.7 Å². The van der Waals surface area contributed by atoms with Crippen LogP contribution in [0.3, 0.4) is 0 Å². The lowest BCUT2D eigenvalue weighted by Gasteiger charge is -2.12. The van der Waals surface area contributed by atoms with E-state index in [1.165, 1.54) is 18.2 Å². The Balaban J connectivity index is 0.00000242. The van der Waals surface area contributed by atoms with Crippen LogP contribution in [0.2, 0.25) is 0 Å². The van der Waals surface area contributed by atoms with Gasteiger partial charge in [0.2, 0.25) is 0 Å². The van der Waals surface area contributed by atoms with Gasteiger partial charge < -0.3 is 10.6 Å². The molecule has 6 heteroatoms. The fourth-order valence-electron chi connectivity index (χ4n) is 2.42. The molecule has 2 N–H and O–H groups in total. The third kappa shape index (κ3) is 5.95. The first kappa shape index (κ1) is 19.5. The van der Waals surface area contributed by atoms with Crippen molar-refractivity contribution in [3.63, 3.8) is 0 Å². The minimum Gasteiger partial charge on any atom is -0.356 e. The summed E-state index contributed by atoms with van der Waals surface area (Å²) in [5, 5.41) is 6.70. The van der Waals surface area contributed by atoms with Gasteiger partial charge >= 0.3 is 0 Å². The van der Waals surface area contributed by atoms with Crippen LogP contribution in [-0.2, 0) is 0 Å². The van der Waals surface area contributed by atoms with Crippen molar-refractivity contribution in [1.82, 2.24) is 10.6 Å². The Bertz CT molecular complexity index is 484. The normalized spacial score (nSPS) is 20.2. The fourth-order valence-corrected chi connectivity index (χ4v) is 2.92. The highest BCUT2D eigenvalue weighted by molar-refractivity contribution is 14.0. The number of nitrogens with zero attached hydrogens (tertiary/aromatic N) is 1. The maximum Gasteiger partial charge on any atom is 0.191 e. The van der Waals surface area contributed by atoms with Gasteiger partial charge in [0.05, 0.1) is 0 Å². The number of unbranched alkanes of at least 4 members (excludes halogenated alkanes) is 1. The summed E-state index contributed by atoms with van der Waals surface area (Å²) in [5.74, 6) is 2.18. The third-order valence-corrected chi connectivity index (χ3v) is 4.41. The molecule has 0 aromatic heterocycles. The second-order valence-corrected chi connectivity index (χ2v) is 6.30. The molecule has 1 saturated carbocycles. The summed E-state index contributed by atoms with van der Waals surface area (Å²) in [6.45, 7) is 0.928. The number of guanidine groups is 1. The minimum absolute atomic E-state index is 0. The number of halogens is 2. The predicted octanol–water partition coefficient (Wildman–Crippen LogP) is 3.61. The highest BCUT2D eigenvalue weighted by atomic mass is 127. The van der Waals surface area contributed by atoms with E-state index in [4.69, 9.17) is 0 Å². The average Bonchev–Trinajstić information content (AvgIpc) is 3.25. The Morgan fingerprint density at radius 1 is 1.36 bits per heavy atom. The monoisotopic (exact) mass is 437 g/mol. The minimum atomic E-state index is -0.105. The average molecular weight is 437 g/mol. The van der Waals surface area contributed by atoms with Crippen molar-refractivity contribution >= 4 is 41.7 Å². The van der Waals surface area contributed by atoms with E-state index in [1.807, 2.05) is 23.9 Å². The summed E-state index contributed by atoms with van der Waals surface area (Å²) >= 11 is 1.88. The van der Waals surface area contributed by atoms with E-state index >= 15 is 0 Å². The molecule has 1 aliphatic carbocycles. The molecular weight excluding hydrogens is 412 g/mol. The number of rotatable bonds is 7. The molecule has 3 nitrogen and oxygen atoms in total. The van der Waals surface area contributed by atoms with Crippen molar-refractivity contribution in [2.45, 2.75) is 31.2 Å². The molecule has 1 aromatic rings. The van der Waals surface area contributed by atoms with E-state index in [0.717, 1.165) is 30.9 Å². The first-order valence-corrected chi connectivity index (χ1v) is 8.86. The lowest BCUT2D eigenvalue weighted by Crippen LogP contribution is -2.39. The number of nitrogens with one attached hydrogen (secondary N) is 2. The Morgan fingerprint density at radius 3 is 2.82 bits per heavy atom. The van der Waals surface area contributed by atoms with Crippen LogP contribution in [0.25, 0.3) is 0 Å². The number of aliphatic imine (C=N–C) groups is 1. The van der Waals surface area contributed by atoms with Gasteiger partial charge in [0.15, 0.2) is 5.96 Å².